The number of likely N-dealkylation sites (tertiary alicyclic amines) is 1. The van der Waals surface area contributed by atoms with Gasteiger partial charge in [-0.15, -0.1) is 11.3 Å². The third-order valence-corrected chi connectivity index (χ3v) is 3.96. The molecule has 0 spiro atoms. The van der Waals surface area contributed by atoms with Gasteiger partial charge in [-0.2, -0.15) is 0 Å². The molecule has 1 unspecified atom stereocenters. The molecule has 0 radical (unpaired) electrons. The molecule has 1 aromatic rings. The zero-order valence-corrected chi connectivity index (χ0v) is 11.1. The maximum atomic E-state index is 12.2. The molecule has 1 saturated heterocycles. The van der Waals surface area contributed by atoms with Crippen molar-refractivity contribution in [1.29, 1.82) is 0 Å². The van der Waals surface area contributed by atoms with E-state index in [-0.39, 0.29) is 11.9 Å². The molecule has 2 heterocycles. The van der Waals surface area contributed by atoms with Gasteiger partial charge in [-0.05, 0) is 37.3 Å². The maximum absolute atomic E-state index is 12.2. The molecule has 1 fully saturated rings. The number of hydrogen-bond donors (Lipinski definition) is 1. The Morgan fingerprint density at radius 1 is 1.59 bits per heavy atom. The minimum Gasteiger partial charge on any atom is -0.336 e. The smallest absolute Gasteiger partial charge is 0.240 e. The van der Waals surface area contributed by atoms with Crippen LogP contribution in [0, 0.1) is 0 Å². The van der Waals surface area contributed by atoms with Gasteiger partial charge in [0.2, 0.25) is 5.91 Å². The lowest BCUT2D eigenvalue weighted by atomic mass is 10.0. The monoisotopic (exact) mass is 252 g/mol. The van der Waals surface area contributed by atoms with Gasteiger partial charge in [0.05, 0.1) is 12.6 Å². The lowest BCUT2D eigenvalue weighted by Crippen LogP contribution is -2.50. The Bertz CT molecular complexity index is 350. The fourth-order valence-electron chi connectivity index (χ4n) is 2.20. The van der Waals surface area contributed by atoms with Crippen molar-refractivity contribution < 1.29 is 4.79 Å². The molecule has 4 heteroatoms. The third-order valence-electron chi connectivity index (χ3n) is 3.10. The van der Waals surface area contributed by atoms with Gasteiger partial charge in [-0.3, -0.25) is 4.79 Å². The van der Waals surface area contributed by atoms with Crippen LogP contribution in [0.1, 0.15) is 31.1 Å². The zero-order valence-electron chi connectivity index (χ0n) is 10.3. The Balaban J connectivity index is 1.91. The Labute approximate surface area is 107 Å². The third kappa shape index (κ3) is 3.30. The van der Waals surface area contributed by atoms with E-state index < -0.39 is 0 Å². The molecule has 0 aliphatic carbocycles. The average molecular weight is 252 g/mol. The van der Waals surface area contributed by atoms with Crippen LogP contribution in [0.2, 0.25) is 0 Å². The summed E-state index contributed by atoms with van der Waals surface area (Å²) in [7, 11) is 0. The van der Waals surface area contributed by atoms with Crippen LogP contribution in [-0.2, 0) is 11.3 Å². The summed E-state index contributed by atoms with van der Waals surface area (Å²) in [4.78, 5) is 15.5. The SMILES string of the molecule is CCCNC1CCCN(Cc2cccs2)C1=O. The summed E-state index contributed by atoms with van der Waals surface area (Å²) in [6.07, 6.45) is 3.17. The van der Waals surface area contributed by atoms with E-state index in [9.17, 15) is 4.79 Å². The normalized spacial score (nSPS) is 20.9. The molecule has 0 saturated carbocycles. The van der Waals surface area contributed by atoms with E-state index in [0.29, 0.717) is 0 Å². The highest BCUT2D eigenvalue weighted by Crippen LogP contribution is 2.17. The van der Waals surface area contributed by atoms with E-state index in [4.69, 9.17) is 0 Å². The molecule has 0 aromatic carbocycles. The number of nitrogens with zero attached hydrogens (tertiary/aromatic N) is 1. The van der Waals surface area contributed by atoms with Crippen molar-refractivity contribution in [3.8, 4) is 0 Å². The first-order chi connectivity index (χ1) is 8.31. The predicted molar refractivity (Wildman–Crippen MR) is 71.1 cm³/mol. The summed E-state index contributed by atoms with van der Waals surface area (Å²) in [6.45, 7) is 4.74. The van der Waals surface area contributed by atoms with Crippen LogP contribution in [0.5, 0.6) is 0 Å². The molecule has 94 valence electrons. The van der Waals surface area contributed by atoms with Gasteiger partial charge >= 0.3 is 0 Å². The van der Waals surface area contributed by atoms with Crippen molar-refractivity contribution in [2.45, 2.75) is 38.8 Å². The van der Waals surface area contributed by atoms with Crippen molar-refractivity contribution in [1.82, 2.24) is 10.2 Å². The lowest BCUT2D eigenvalue weighted by molar-refractivity contribution is -0.136. The maximum Gasteiger partial charge on any atom is 0.240 e. The minimum atomic E-state index is 0.0451. The molecule has 1 amide bonds. The molecule has 17 heavy (non-hydrogen) atoms. The molecule has 0 bridgehead atoms. The van der Waals surface area contributed by atoms with Gasteiger partial charge in [-0.25, -0.2) is 0 Å². The topological polar surface area (TPSA) is 32.3 Å². The largest absolute Gasteiger partial charge is 0.336 e. The Morgan fingerprint density at radius 3 is 3.18 bits per heavy atom. The molecular formula is C13H20N2OS. The first-order valence-electron chi connectivity index (χ1n) is 6.36. The van der Waals surface area contributed by atoms with E-state index in [1.807, 2.05) is 11.0 Å². The minimum absolute atomic E-state index is 0.0451. The number of carbonyl (C=O) groups excluding carboxylic acids is 1. The summed E-state index contributed by atoms with van der Waals surface area (Å²) in [6, 6.07) is 4.19. The van der Waals surface area contributed by atoms with Crippen molar-refractivity contribution in [3.63, 3.8) is 0 Å². The van der Waals surface area contributed by atoms with Crippen molar-refractivity contribution in [2.24, 2.45) is 0 Å². The second kappa shape index (κ2) is 6.17. The highest BCUT2D eigenvalue weighted by molar-refractivity contribution is 7.09. The van der Waals surface area contributed by atoms with Crippen LogP contribution in [-0.4, -0.2) is 29.9 Å². The molecule has 1 aliphatic heterocycles. The summed E-state index contributed by atoms with van der Waals surface area (Å²) < 4.78 is 0. The van der Waals surface area contributed by atoms with Crippen LogP contribution in [0.15, 0.2) is 17.5 Å². The van der Waals surface area contributed by atoms with Crippen LogP contribution in [0.25, 0.3) is 0 Å². The van der Waals surface area contributed by atoms with Gasteiger partial charge in [0, 0.05) is 11.4 Å². The van der Waals surface area contributed by atoms with Gasteiger partial charge in [-0.1, -0.05) is 13.0 Å². The summed E-state index contributed by atoms with van der Waals surface area (Å²) >= 11 is 1.72. The fourth-order valence-corrected chi connectivity index (χ4v) is 2.92. The average Bonchev–Trinajstić information content (AvgIpc) is 2.83. The Kier molecular flexibility index (Phi) is 4.57. The summed E-state index contributed by atoms with van der Waals surface area (Å²) in [5, 5.41) is 5.41. The molecule has 2 rings (SSSR count). The van der Waals surface area contributed by atoms with Crippen molar-refractivity contribution in [2.75, 3.05) is 13.1 Å². The van der Waals surface area contributed by atoms with Crippen molar-refractivity contribution >= 4 is 17.2 Å². The predicted octanol–water partition coefficient (Wildman–Crippen LogP) is 2.24. The second-order valence-electron chi connectivity index (χ2n) is 4.49. The van der Waals surface area contributed by atoms with Gasteiger partial charge in [0.1, 0.15) is 0 Å². The van der Waals surface area contributed by atoms with E-state index in [2.05, 4.69) is 23.7 Å². The van der Waals surface area contributed by atoms with Gasteiger partial charge in [0.25, 0.3) is 0 Å². The van der Waals surface area contributed by atoms with E-state index >= 15 is 0 Å². The lowest BCUT2D eigenvalue weighted by Gasteiger charge is -2.32. The van der Waals surface area contributed by atoms with Crippen LogP contribution in [0.3, 0.4) is 0 Å². The number of piperidine rings is 1. The number of carbonyl (C=O) groups is 1. The summed E-state index contributed by atoms with van der Waals surface area (Å²) in [5.74, 6) is 0.276. The Morgan fingerprint density at radius 2 is 2.47 bits per heavy atom. The van der Waals surface area contributed by atoms with Crippen LogP contribution in [0.4, 0.5) is 0 Å². The Hall–Kier alpha value is -0.870. The fraction of sp³-hybridized carbons (Fsp3) is 0.615. The molecule has 1 aromatic heterocycles. The standard InChI is InChI=1S/C13H20N2OS/c1-2-7-14-12-6-3-8-15(13(12)16)10-11-5-4-9-17-11/h4-5,9,12,14H,2-3,6-8,10H2,1H3. The highest BCUT2D eigenvalue weighted by Gasteiger charge is 2.27. The number of thiophene rings is 1. The van der Waals surface area contributed by atoms with E-state index in [1.165, 1.54) is 4.88 Å². The molecule has 3 nitrogen and oxygen atoms in total. The molecule has 1 atom stereocenters. The van der Waals surface area contributed by atoms with Crippen LogP contribution >= 0.6 is 11.3 Å². The molecule has 1 aliphatic rings. The number of amides is 1. The zero-order chi connectivity index (χ0) is 12.1. The van der Waals surface area contributed by atoms with Gasteiger partial charge < -0.3 is 10.2 Å². The van der Waals surface area contributed by atoms with Crippen molar-refractivity contribution in [3.05, 3.63) is 22.4 Å². The highest BCUT2D eigenvalue weighted by atomic mass is 32.1. The number of nitrogens with one attached hydrogen (secondary N) is 1. The quantitative estimate of drug-likeness (QED) is 0.871. The second-order valence-corrected chi connectivity index (χ2v) is 5.52. The first-order valence-corrected chi connectivity index (χ1v) is 7.23. The van der Waals surface area contributed by atoms with E-state index in [1.54, 1.807) is 11.3 Å². The number of rotatable bonds is 5. The van der Waals surface area contributed by atoms with E-state index in [0.717, 1.165) is 38.9 Å². The molecule has 1 N–H and O–H groups in total. The van der Waals surface area contributed by atoms with Crippen LogP contribution < -0.4 is 5.32 Å². The van der Waals surface area contributed by atoms with Gasteiger partial charge in [0.15, 0.2) is 0 Å². The molecular weight excluding hydrogens is 232 g/mol. The first kappa shape index (κ1) is 12.6. The summed E-state index contributed by atoms with van der Waals surface area (Å²) in [5.41, 5.74) is 0. The number of hydrogen-bond acceptors (Lipinski definition) is 3.